The van der Waals surface area contributed by atoms with Gasteiger partial charge >= 0.3 is 42.4 Å². The minimum absolute atomic E-state index is 0.208. The van der Waals surface area contributed by atoms with E-state index in [1.54, 1.807) is 12.1 Å². The zero-order valence-corrected chi connectivity index (χ0v) is 36.2. The molecule has 1 aliphatic heterocycles. The molecule has 0 aromatic heterocycles. The predicted molar refractivity (Wildman–Crippen MR) is 216 cm³/mol. The maximum atomic E-state index is 12.8. The lowest BCUT2D eigenvalue weighted by molar-refractivity contribution is 0.0734. The SMILES string of the molecule is CCCCCCC(C)Oc1ccc(-c2ccc(OC(=O)c3ccc(OCCCCCCCCC[Si]4(C)O[Si](C)O[Si](C)O[Si](C)O4)cc3)cc2)cc1. The van der Waals surface area contributed by atoms with Crippen LogP contribution in [0.1, 0.15) is 101 Å². The Morgan fingerprint density at radius 2 is 1.17 bits per heavy atom. The summed E-state index contributed by atoms with van der Waals surface area (Å²) in [5.41, 5.74) is 2.62. The van der Waals surface area contributed by atoms with Crippen molar-refractivity contribution in [1.82, 2.24) is 0 Å². The van der Waals surface area contributed by atoms with Gasteiger partial charge in [0.15, 0.2) is 0 Å². The molecular weight excluding hydrogens is 721 g/mol. The number of esters is 1. The van der Waals surface area contributed by atoms with Gasteiger partial charge in [-0.1, -0.05) is 89.0 Å². The number of hydrogen-bond acceptors (Lipinski definition) is 8. The van der Waals surface area contributed by atoms with Gasteiger partial charge in [-0.15, -0.1) is 0 Å². The molecule has 52 heavy (non-hydrogen) atoms. The summed E-state index contributed by atoms with van der Waals surface area (Å²) in [6, 6.07) is 23.9. The lowest BCUT2D eigenvalue weighted by Crippen LogP contribution is -2.52. The predicted octanol–water partition coefficient (Wildman–Crippen LogP) is 10.9. The van der Waals surface area contributed by atoms with E-state index in [1.165, 1.54) is 51.4 Å². The minimum Gasteiger partial charge on any atom is -0.494 e. The van der Waals surface area contributed by atoms with Gasteiger partial charge in [-0.2, -0.15) is 0 Å². The van der Waals surface area contributed by atoms with Crippen molar-refractivity contribution in [1.29, 1.82) is 0 Å². The number of carbonyl (C=O) groups is 1. The minimum atomic E-state index is -2.23. The Bertz CT molecular complexity index is 1430. The van der Waals surface area contributed by atoms with Crippen LogP contribution in [0.4, 0.5) is 0 Å². The monoisotopic (exact) mass is 779 g/mol. The first-order chi connectivity index (χ1) is 25.1. The summed E-state index contributed by atoms with van der Waals surface area (Å²) in [4.78, 5) is 12.8. The average molecular weight is 780 g/mol. The molecular formula is C40H59O8Si4. The van der Waals surface area contributed by atoms with Gasteiger partial charge in [-0.25, -0.2) is 4.79 Å². The number of unbranched alkanes of at least 4 members (excludes halogenated alkanes) is 9. The Labute approximate surface area is 319 Å². The quantitative estimate of drug-likeness (QED) is 0.0458. The van der Waals surface area contributed by atoms with Crippen molar-refractivity contribution in [2.75, 3.05) is 6.61 Å². The maximum Gasteiger partial charge on any atom is 0.362 e. The van der Waals surface area contributed by atoms with Crippen LogP contribution in [0, 0.1) is 0 Å². The lowest BCUT2D eigenvalue weighted by Gasteiger charge is -2.35. The molecule has 283 valence electrons. The zero-order chi connectivity index (χ0) is 37.2. The summed E-state index contributed by atoms with van der Waals surface area (Å²) in [5, 5.41) is 0. The van der Waals surface area contributed by atoms with Crippen molar-refractivity contribution < 1.29 is 35.5 Å². The largest absolute Gasteiger partial charge is 0.494 e. The first kappa shape index (κ1) is 42.2. The molecule has 0 N–H and O–H groups in total. The number of hydrogen-bond donors (Lipinski definition) is 0. The van der Waals surface area contributed by atoms with Crippen molar-refractivity contribution in [3.8, 4) is 28.4 Å². The molecule has 1 saturated heterocycles. The number of ether oxygens (including phenoxy) is 3. The summed E-state index contributed by atoms with van der Waals surface area (Å²) in [6.45, 7) is 13.3. The van der Waals surface area contributed by atoms with Crippen LogP contribution in [0.2, 0.25) is 32.2 Å². The van der Waals surface area contributed by atoms with Crippen molar-refractivity contribution in [2.24, 2.45) is 0 Å². The molecule has 3 aromatic carbocycles. The van der Waals surface area contributed by atoms with Gasteiger partial charge in [0.25, 0.3) is 0 Å². The van der Waals surface area contributed by atoms with Crippen LogP contribution in [0.25, 0.3) is 11.1 Å². The van der Waals surface area contributed by atoms with E-state index in [1.807, 2.05) is 55.1 Å². The molecule has 1 fully saturated rings. The van der Waals surface area contributed by atoms with E-state index < -0.39 is 42.4 Å². The van der Waals surface area contributed by atoms with Gasteiger partial charge < -0.3 is 30.7 Å². The van der Waals surface area contributed by atoms with Crippen LogP contribution >= 0.6 is 0 Å². The summed E-state index contributed by atoms with van der Waals surface area (Å²) in [7, 11) is -6.09. The molecule has 3 radical (unpaired) electrons. The van der Waals surface area contributed by atoms with Gasteiger partial charge in [0.2, 0.25) is 0 Å². The molecule has 0 spiro atoms. The molecule has 0 aliphatic carbocycles. The van der Waals surface area contributed by atoms with Crippen molar-refractivity contribution in [3.05, 3.63) is 78.4 Å². The summed E-state index contributed by atoms with van der Waals surface area (Å²) < 4.78 is 42.2. The fourth-order valence-electron chi connectivity index (χ4n) is 6.26. The maximum absolute atomic E-state index is 12.8. The fraction of sp³-hybridized carbons (Fsp3) is 0.525. The molecule has 12 heteroatoms. The topological polar surface area (TPSA) is 81.7 Å². The summed E-state index contributed by atoms with van der Waals surface area (Å²) in [5.74, 6) is 1.76. The zero-order valence-electron chi connectivity index (χ0n) is 32.2. The number of benzene rings is 3. The van der Waals surface area contributed by atoms with E-state index in [-0.39, 0.29) is 6.10 Å². The van der Waals surface area contributed by atoms with Gasteiger partial charge in [0, 0.05) is 0 Å². The van der Waals surface area contributed by atoms with E-state index in [2.05, 4.69) is 45.6 Å². The molecule has 1 heterocycles. The van der Waals surface area contributed by atoms with Crippen LogP contribution in [-0.2, 0) is 16.5 Å². The Balaban J connectivity index is 1.07. The second-order valence-corrected chi connectivity index (χ2v) is 22.8. The van der Waals surface area contributed by atoms with Crippen LogP contribution in [0.15, 0.2) is 72.8 Å². The smallest absolute Gasteiger partial charge is 0.362 e. The van der Waals surface area contributed by atoms with Crippen molar-refractivity contribution >= 4 is 42.4 Å². The average Bonchev–Trinajstić information content (AvgIpc) is 3.11. The van der Waals surface area contributed by atoms with Crippen LogP contribution in [0.5, 0.6) is 17.2 Å². The van der Waals surface area contributed by atoms with Crippen molar-refractivity contribution in [3.63, 3.8) is 0 Å². The van der Waals surface area contributed by atoms with E-state index in [4.69, 9.17) is 30.7 Å². The third-order valence-corrected chi connectivity index (χ3v) is 20.6. The van der Waals surface area contributed by atoms with Gasteiger partial charge in [0.1, 0.15) is 17.2 Å². The van der Waals surface area contributed by atoms with Gasteiger partial charge in [-0.3, -0.25) is 0 Å². The highest BCUT2D eigenvalue weighted by Crippen LogP contribution is 2.27. The van der Waals surface area contributed by atoms with Crippen LogP contribution < -0.4 is 14.2 Å². The van der Waals surface area contributed by atoms with Crippen LogP contribution in [0.3, 0.4) is 0 Å². The van der Waals surface area contributed by atoms with Crippen molar-refractivity contribution in [2.45, 2.75) is 129 Å². The van der Waals surface area contributed by atoms with E-state index in [9.17, 15) is 4.79 Å². The Morgan fingerprint density at radius 1 is 0.654 bits per heavy atom. The van der Waals surface area contributed by atoms with E-state index in [0.29, 0.717) is 17.9 Å². The second kappa shape index (κ2) is 22.6. The summed E-state index contributed by atoms with van der Waals surface area (Å²) >= 11 is 0. The number of carbonyl (C=O) groups excluding carboxylic acids is 1. The molecule has 1 unspecified atom stereocenters. The molecule has 0 saturated carbocycles. The molecule has 1 atom stereocenters. The first-order valence-electron chi connectivity index (χ1n) is 19.2. The highest BCUT2D eigenvalue weighted by molar-refractivity contribution is 6.81. The third-order valence-electron chi connectivity index (χ3n) is 8.98. The molecule has 3 aromatic rings. The third kappa shape index (κ3) is 15.4. The molecule has 1 aliphatic rings. The van der Waals surface area contributed by atoms with E-state index >= 15 is 0 Å². The normalized spacial score (nSPS) is 16.2. The highest BCUT2D eigenvalue weighted by atomic mass is 28.5. The second-order valence-electron chi connectivity index (χ2n) is 13.8. The molecule has 0 amide bonds. The molecule has 0 bridgehead atoms. The first-order valence-corrected chi connectivity index (χ1v) is 27.2. The lowest BCUT2D eigenvalue weighted by atomic mass is 10.1. The Kier molecular flexibility index (Phi) is 18.3. The molecule has 8 nitrogen and oxygen atoms in total. The summed E-state index contributed by atoms with van der Waals surface area (Å²) in [6.07, 6.45) is 14.4. The van der Waals surface area contributed by atoms with Gasteiger partial charge in [0.05, 0.1) is 18.3 Å². The Morgan fingerprint density at radius 3 is 1.77 bits per heavy atom. The van der Waals surface area contributed by atoms with Crippen LogP contribution in [-0.4, -0.2) is 55.1 Å². The highest BCUT2D eigenvalue weighted by Gasteiger charge is 2.40. The Hall–Kier alpha value is -2.56. The standard InChI is InChI=1S/C40H59O8Si4/c1-7-8-9-15-18-33(2)43-38-27-19-34(20-28-38)35-21-29-39(30-22-35)44-40(41)36-23-25-37(26-24-36)42-31-16-13-11-10-12-14-17-32-52(6)47-50(4)45-49(3)46-51(5)48-52/h19-30,33H,7-18,31-32H2,1-6H3. The molecule has 4 rings (SSSR count). The number of rotatable bonds is 21. The fourth-order valence-corrected chi connectivity index (χ4v) is 18.2. The van der Waals surface area contributed by atoms with Gasteiger partial charge in [-0.05, 0) is 118 Å². The van der Waals surface area contributed by atoms with E-state index in [0.717, 1.165) is 54.4 Å².